The van der Waals surface area contributed by atoms with E-state index in [1.54, 1.807) is 18.0 Å². The second-order valence-electron chi connectivity index (χ2n) is 10.7. The van der Waals surface area contributed by atoms with Crippen molar-refractivity contribution in [2.24, 2.45) is 5.10 Å². The zero-order valence-electron chi connectivity index (χ0n) is 22.6. The highest BCUT2D eigenvalue weighted by Gasteiger charge is 2.34. The van der Waals surface area contributed by atoms with Crippen LogP contribution in [0.2, 0.25) is 0 Å². The molecule has 0 saturated heterocycles. The van der Waals surface area contributed by atoms with Crippen LogP contribution in [0.3, 0.4) is 0 Å². The first-order chi connectivity index (χ1) is 18.1. The van der Waals surface area contributed by atoms with E-state index >= 15 is 0 Å². The molecule has 9 nitrogen and oxygen atoms in total. The normalized spacial score (nSPS) is 15.7. The van der Waals surface area contributed by atoms with Crippen molar-refractivity contribution in [1.29, 1.82) is 0 Å². The second kappa shape index (κ2) is 9.55. The molecule has 2 aromatic heterocycles. The lowest BCUT2D eigenvalue weighted by Crippen LogP contribution is -2.36. The average Bonchev–Trinajstić information content (AvgIpc) is 3.54. The Morgan fingerprint density at radius 1 is 1.05 bits per heavy atom. The van der Waals surface area contributed by atoms with Gasteiger partial charge in [-0.2, -0.15) is 15.3 Å². The number of methoxy groups -OCH3 is 1. The summed E-state index contributed by atoms with van der Waals surface area (Å²) in [6.07, 6.45) is 2.22. The number of aryl methyl sites for hydroxylation is 2. The van der Waals surface area contributed by atoms with E-state index in [2.05, 4.69) is 10.2 Å². The van der Waals surface area contributed by atoms with Crippen LogP contribution in [0.25, 0.3) is 10.9 Å². The number of amides is 1. The third kappa shape index (κ3) is 4.60. The minimum atomic E-state index is -0.403. The number of aromatic nitrogens is 4. The maximum atomic E-state index is 13.7. The predicted octanol–water partition coefficient (Wildman–Crippen LogP) is 4.35. The van der Waals surface area contributed by atoms with Crippen LogP contribution >= 0.6 is 0 Å². The lowest BCUT2D eigenvalue weighted by molar-refractivity contribution is -0.133. The van der Waals surface area contributed by atoms with Gasteiger partial charge in [0.1, 0.15) is 17.8 Å². The van der Waals surface area contributed by atoms with E-state index in [-0.39, 0.29) is 24.1 Å². The van der Waals surface area contributed by atoms with Gasteiger partial charge in [0.05, 0.1) is 36.3 Å². The molecule has 0 bridgehead atoms. The second-order valence-corrected chi connectivity index (χ2v) is 10.7. The summed E-state index contributed by atoms with van der Waals surface area (Å²) in [5.74, 6) is 0.440. The van der Waals surface area contributed by atoms with E-state index in [1.165, 1.54) is 9.69 Å². The van der Waals surface area contributed by atoms with E-state index in [4.69, 9.17) is 9.84 Å². The Balaban J connectivity index is 1.53. The average molecular weight is 513 g/mol. The van der Waals surface area contributed by atoms with E-state index < -0.39 is 5.54 Å². The highest BCUT2D eigenvalue weighted by molar-refractivity contribution is 6.03. The molecule has 0 spiro atoms. The van der Waals surface area contributed by atoms with E-state index in [0.717, 1.165) is 28.2 Å². The number of ether oxygens (including phenoxy) is 1. The Morgan fingerprint density at radius 3 is 2.37 bits per heavy atom. The molecular weight excluding hydrogens is 480 g/mol. The summed E-state index contributed by atoms with van der Waals surface area (Å²) >= 11 is 0. The molecule has 1 unspecified atom stereocenters. The number of hydrogen-bond donors (Lipinski definition) is 0. The van der Waals surface area contributed by atoms with Gasteiger partial charge in [-0.3, -0.25) is 14.3 Å². The van der Waals surface area contributed by atoms with E-state index in [9.17, 15) is 9.59 Å². The molecule has 2 aromatic carbocycles. The van der Waals surface area contributed by atoms with Crippen LogP contribution in [-0.4, -0.2) is 43.3 Å². The van der Waals surface area contributed by atoms with Crippen molar-refractivity contribution >= 4 is 22.5 Å². The van der Waals surface area contributed by atoms with Crippen LogP contribution in [-0.2, 0) is 16.9 Å². The maximum absolute atomic E-state index is 13.7. The van der Waals surface area contributed by atoms with Gasteiger partial charge in [-0.25, -0.2) is 9.69 Å². The Hall–Kier alpha value is -4.27. The zero-order valence-corrected chi connectivity index (χ0v) is 22.6. The van der Waals surface area contributed by atoms with Crippen molar-refractivity contribution in [1.82, 2.24) is 24.6 Å². The molecule has 0 aliphatic carbocycles. The fourth-order valence-corrected chi connectivity index (χ4v) is 4.78. The van der Waals surface area contributed by atoms with Gasteiger partial charge in [0.15, 0.2) is 0 Å². The van der Waals surface area contributed by atoms with Crippen LogP contribution in [0.15, 0.2) is 64.6 Å². The molecule has 1 aliphatic heterocycles. The SMILES string of the molecule is COc1ccc(C2=NN(C(=O)Cn3nc(C)c4cnn(C(C)(C)C)c4c3=O)C(c3ccc(C)cc3)C2)cc1. The minimum Gasteiger partial charge on any atom is -0.497 e. The summed E-state index contributed by atoms with van der Waals surface area (Å²) in [5, 5.41) is 15.8. The number of rotatable bonds is 5. The molecule has 1 aliphatic rings. The number of hydrazone groups is 1. The topological polar surface area (TPSA) is 94.6 Å². The summed E-state index contributed by atoms with van der Waals surface area (Å²) < 4.78 is 8.22. The lowest BCUT2D eigenvalue weighted by atomic mass is 9.97. The molecule has 1 atom stereocenters. The van der Waals surface area contributed by atoms with E-state index in [1.807, 2.05) is 83.1 Å². The van der Waals surface area contributed by atoms with Crippen LogP contribution in [0.5, 0.6) is 5.75 Å². The van der Waals surface area contributed by atoms with Gasteiger partial charge in [0, 0.05) is 11.8 Å². The summed E-state index contributed by atoms with van der Waals surface area (Å²) in [5.41, 5.74) is 4.16. The third-order valence-electron chi connectivity index (χ3n) is 6.84. The third-order valence-corrected chi connectivity index (χ3v) is 6.84. The number of nitrogens with zero attached hydrogens (tertiary/aromatic N) is 6. The molecule has 4 aromatic rings. The number of fused-ring (bicyclic) bond motifs is 1. The molecule has 3 heterocycles. The largest absolute Gasteiger partial charge is 0.497 e. The standard InChI is InChI=1S/C29H32N6O3/c1-18-7-9-21(10-8-18)25-15-24(20-11-13-22(38-6)14-12-20)32-34(25)26(36)17-33-28(37)27-23(19(2)31-33)16-30-35(27)29(3,4)5/h7-14,16,25H,15,17H2,1-6H3. The molecule has 0 N–H and O–H groups in total. The number of hydrogen-bond acceptors (Lipinski definition) is 6. The molecule has 0 saturated carbocycles. The van der Waals surface area contributed by atoms with E-state index in [0.29, 0.717) is 23.0 Å². The van der Waals surface area contributed by atoms with Crippen LogP contribution < -0.4 is 10.3 Å². The Bertz CT molecular complexity index is 1590. The number of carbonyl (C=O) groups excluding carboxylic acids is 1. The van der Waals surface area contributed by atoms with Crippen molar-refractivity contribution in [2.45, 2.75) is 59.2 Å². The summed E-state index contributed by atoms with van der Waals surface area (Å²) in [6.45, 7) is 9.57. The van der Waals surface area contributed by atoms with Crippen molar-refractivity contribution in [3.8, 4) is 5.75 Å². The summed E-state index contributed by atoms with van der Waals surface area (Å²) in [6, 6.07) is 15.4. The zero-order chi connectivity index (χ0) is 27.2. The first-order valence-electron chi connectivity index (χ1n) is 12.6. The van der Waals surface area contributed by atoms with Crippen molar-refractivity contribution < 1.29 is 9.53 Å². The predicted molar refractivity (Wildman–Crippen MR) is 146 cm³/mol. The fraction of sp³-hybridized carbons (Fsp3) is 0.345. The van der Waals surface area contributed by atoms with Crippen molar-refractivity contribution in [3.63, 3.8) is 0 Å². The monoisotopic (exact) mass is 512 g/mol. The molecule has 9 heteroatoms. The van der Waals surface area contributed by atoms with Crippen molar-refractivity contribution in [2.75, 3.05) is 7.11 Å². The van der Waals surface area contributed by atoms with Gasteiger partial charge in [-0.1, -0.05) is 29.8 Å². The molecular formula is C29H32N6O3. The Morgan fingerprint density at radius 2 is 1.74 bits per heavy atom. The highest BCUT2D eigenvalue weighted by Crippen LogP contribution is 2.33. The van der Waals surface area contributed by atoms with Crippen LogP contribution in [0.4, 0.5) is 0 Å². The highest BCUT2D eigenvalue weighted by atomic mass is 16.5. The molecule has 5 rings (SSSR count). The minimum absolute atomic E-state index is 0.229. The van der Waals surface area contributed by atoms with Gasteiger partial charge in [-0.15, -0.1) is 0 Å². The van der Waals surface area contributed by atoms with Crippen LogP contribution in [0.1, 0.15) is 55.6 Å². The van der Waals surface area contributed by atoms with Gasteiger partial charge in [0.25, 0.3) is 11.5 Å². The lowest BCUT2D eigenvalue weighted by Gasteiger charge is -2.23. The van der Waals surface area contributed by atoms with Gasteiger partial charge >= 0.3 is 0 Å². The Kier molecular flexibility index (Phi) is 6.38. The molecule has 0 fully saturated rings. The first kappa shape index (κ1) is 25.4. The molecule has 1 amide bonds. The smallest absolute Gasteiger partial charge is 0.293 e. The summed E-state index contributed by atoms with van der Waals surface area (Å²) in [4.78, 5) is 27.3. The number of carbonyl (C=O) groups is 1. The maximum Gasteiger partial charge on any atom is 0.293 e. The Labute approximate surface area is 221 Å². The van der Waals surface area contributed by atoms with Gasteiger partial charge < -0.3 is 4.74 Å². The molecule has 196 valence electrons. The molecule has 0 radical (unpaired) electrons. The first-order valence-corrected chi connectivity index (χ1v) is 12.6. The molecule has 38 heavy (non-hydrogen) atoms. The van der Waals surface area contributed by atoms with Gasteiger partial charge in [0.2, 0.25) is 0 Å². The van der Waals surface area contributed by atoms with Crippen molar-refractivity contribution in [3.05, 3.63) is 87.5 Å². The van der Waals surface area contributed by atoms with Crippen LogP contribution in [0, 0.1) is 13.8 Å². The summed E-state index contributed by atoms with van der Waals surface area (Å²) in [7, 11) is 1.62. The quantitative estimate of drug-likeness (QED) is 0.396. The fourth-order valence-electron chi connectivity index (χ4n) is 4.78. The number of benzene rings is 2. The van der Waals surface area contributed by atoms with Gasteiger partial charge in [-0.05, 0) is 70.0 Å².